The van der Waals surface area contributed by atoms with Crippen molar-refractivity contribution in [2.45, 2.75) is 25.8 Å². The molecule has 1 aromatic heterocycles. The van der Waals surface area contributed by atoms with Crippen molar-refractivity contribution in [2.24, 2.45) is 0 Å². The van der Waals surface area contributed by atoms with Gasteiger partial charge in [0.1, 0.15) is 5.69 Å². The first kappa shape index (κ1) is 20.9. The third-order valence-corrected chi connectivity index (χ3v) is 5.61. The summed E-state index contributed by atoms with van der Waals surface area (Å²) in [5.41, 5.74) is 1.89. The Balaban J connectivity index is 1.15. The van der Waals surface area contributed by atoms with E-state index in [4.69, 9.17) is 0 Å². The number of nitro benzene ring substituents is 1. The molecule has 31 heavy (non-hydrogen) atoms. The number of hydrogen-bond donors (Lipinski definition) is 0. The first-order valence-corrected chi connectivity index (χ1v) is 10.7. The van der Waals surface area contributed by atoms with Crippen LogP contribution in [0.25, 0.3) is 11.4 Å². The third-order valence-electron chi connectivity index (χ3n) is 5.61. The van der Waals surface area contributed by atoms with Crippen molar-refractivity contribution >= 4 is 11.4 Å². The van der Waals surface area contributed by atoms with Crippen molar-refractivity contribution in [1.82, 2.24) is 25.1 Å². The van der Waals surface area contributed by atoms with E-state index in [9.17, 15) is 10.1 Å². The van der Waals surface area contributed by atoms with Crippen LogP contribution in [0.4, 0.5) is 11.4 Å². The normalized spacial score (nSPS) is 14.6. The highest BCUT2D eigenvalue weighted by Gasteiger charge is 2.22. The summed E-state index contributed by atoms with van der Waals surface area (Å²) in [5.74, 6) is 0.664. The van der Waals surface area contributed by atoms with Gasteiger partial charge in [-0.3, -0.25) is 15.0 Å². The second-order valence-electron chi connectivity index (χ2n) is 7.71. The van der Waals surface area contributed by atoms with Gasteiger partial charge in [-0.1, -0.05) is 48.9 Å². The maximum absolute atomic E-state index is 11.3. The van der Waals surface area contributed by atoms with Gasteiger partial charge in [-0.15, -0.1) is 10.2 Å². The Labute approximate surface area is 181 Å². The Kier molecular flexibility index (Phi) is 6.83. The molecule has 1 saturated heterocycles. The van der Waals surface area contributed by atoms with Crippen LogP contribution >= 0.6 is 0 Å². The zero-order chi connectivity index (χ0) is 21.5. The van der Waals surface area contributed by atoms with Crippen LogP contribution < -0.4 is 4.90 Å². The molecule has 0 radical (unpaired) electrons. The third kappa shape index (κ3) is 5.43. The van der Waals surface area contributed by atoms with Gasteiger partial charge in [0.2, 0.25) is 5.82 Å². The maximum Gasteiger partial charge on any atom is 0.292 e. The average Bonchev–Trinajstić information content (AvgIpc) is 3.29. The summed E-state index contributed by atoms with van der Waals surface area (Å²) in [7, 11) is 0. The zero-order valence-electron chi connectivity index (χ0n) is 17.5. The van der Waals surface area contributed by atoms with Gasteiger partial charge in [0.15, 0.2) is 0 Å². The van der Waals surface area contributed by atoms with Crippen LogP contribution in [0.15, 0.2) is 54.6 Å². The van der Waals surface area contributed by atoms with Gasteiger partial charge in [0.25, 0.3) is 5.69 Å². The second kappa shape index (κ2) is 10.1. The van der Waals surface area contributed by atoms with Gasteiger partial charge >= 0.3 is 0 Å². The molecule has 2 heterocycles. The van der Waals surface area contributed by atoms with Crippen molar-refractivity contribution in [2.75, 3.05) is 37.6 Å². The van der Waals surface area contributed by atoms with Crippen LogP contribution in [0.1, 0.15) is 19.3 Å². The van der Waals surface area contributed by atoms with Gasteiger partial charge in [-0.05, 0) is 30.7 Å². The molecule has 0 N–H and O–H groups in total. The highest BCUT2D eigenvalue weighted by molar-refractivity contribution is 5.63. The summed E-state index contributed by atoms with van der Waals surface area (Å²) >= 11 is 0. The molecule has 1 aliphatic heterocycles. The van der Waals surface area contributed by atoms with Crippen molar-refractivity contribution in [3.8, 4) is 11.4 Å². The number of aromatic nitrogens is 4. The minimum absolute atomic E-state index is 0.188. The lowest BCUT2D eigenvalue weighted by molar-refractivity contribution is -0.384. The number of aryl methyl sites for hydroxylation is 1. The number of rotatable bonds is 9. The van der Waals surface area contributed by atoms with E-state index in [1.54, 1.807) is 16.9 Å². The average molecular weight is 422 g/mol. The first-order chi connectivity index (χ1) is 15.2. The summed E-state index contributed by atoms with van der Waals surface area (Å²) in [4.78, 5) is 17.2. The summed E-state index contributed by atoms with van der Waals surface area (Å²) in [6.45, 7) is 5.30. The molecule has 1 fully saturated rings. The fourth-order valence-corrected chi connectivity index (χ4v) is 3.90. The molecule has 0 unspecified atom stereocenters. The van der Waals surface area contributed by atoms with Crippen LogP contribution in [0.5, 0.6) is 0 Å². The maximum atomic E-state index is 11.3. The number of para-hydroxylation sites is 2. The number of benzene rings is 2. The number of hydrogen-bond acceptors (Lipinski definition) is 7. The number of tetrazole rings is 1. The van der Waals surface area contributed by atoms with Gasteiger partial charge in [-0.2, -0.15) is 4.80 Å². The molecule has 0 saturated carbocycles. The predicted molar refractivity (Wildman–Crippen MR) is 119 cm³/mol. The minimum atomic E-state index is -0.297. The van der Waals surface area contributed by atoms with Gasteiger partial charge in [0, 0.05) is 37.8 Å². The molecule has 0 bridgehead atoms. The molecule has 0 spiro atoms. The molecule has 3 aromatic rings. The molecule has 0 atom stereocenters. The number of unbranched alkanes of at least 4 members (excludes halogenated alkanes) is 2. The molecule has 9 heteroatoms. The summed E-state index contributed by atoms with van der Waals surface area (Å²) in [5, 5.41) is 24.0. The fourth-order valence-electron chi connectivity index (χ4n) is 3.90. The standard InChI is InChI=1S/C22H27N7O2/c30-29(31)21-12-6-5-11-20(21)27-17-15-26(16-18-27)13-7-2-8-14-28-24-22(23-25-28)19-9-3-1-4-10-19/h1,3-6,9-12H,2,7-8,13-18H2. The van der Waals surface area contributed by atoms with E-state index < -0.39 is 0 Å². The number of piperazine rings is 1. The number of nitrogens with zero attached hydrogens (tertiary/aromatic N) is 7. The molecule has 1 aliphatic rings. The summed E-state index contributed by atoms with van der Waals surface area (Å²) in [6, 6.07) is 16.9. The van der Waals surface area contributed by atoms with Crippen LogP contribution in [0.3, 0.4) is 0 Å². The lowest BCUT2D eigenvalue weighted by Crippen LogP contribution is -2.46. The van der Waals surface area contributed by atoms with Crippen LogP contribution in [-0.4, -0.2) is 62.8 Å². The highest BCUT2D eigenvalue weighted by Crippen LogP contribution is 2.28. The van der Waals surface area contributed by atoms with E-state index in [2.05, 4.69) is 25.2 Å². The Hall–Kier alpha value is -3.33. The quantitative estimate of drug-likeness (QED) is 0.297. The van der Waals surface area contributed by atoms with Crippen LogP contribution in [0, 0.1) is 10.1 Å². The summed E-state index contributed by atoms with van der Waals surface area (Å²) < 4.78 is 0. The topological polar surface area (TPSA) is 93.2 Å². The number of anilines is 1. The molecule has 9 nitrogen and oxygen atoms in total. The molecule has 0 aliphatic carbocycles. The molecule has 0 amide bonds. The van der Waals surface area contributed by atoms with Crippen LogP contribution in [0.2, 0.25) is 0 Å². The molecular formula is C22H27N7O2. The van der Waals surface area contributed by atoms with Gasteiger partial charge < -0.3 is 4.90 Å². The Morgan fingerprint density at radius 2 is 1.58 bits per heavy atom. The Morgan fingerprint density at radius 1 is 0.871 bits per heavy atom. The van der Waals surface area contributed by atoms with E-state index in [1.807, 2.05) is 42.5 Å². The lowest BCUT2D eigenvalue weighted by atomic mass is 10.2. The molecule has 162 valence electrons. The van der Waals surface area contributed by atoms with E-state index in [-0.39, 0.29) is 10.6 Å². The molecule has 2 aromatic carbocycles. The number of nitro groups is 1. The second-order valence-corrected chi connectivity index (χ2v) is 7.71. The van der Waals surface area contributed by atoms with E-state index in [1.165, 1.54) is 0 Å². The lowest BCUT2D eigenvalue weighted by Gasteiger charge is -2.35. The van der Waals surface area contributed by atoms with Gasteiger partial charge in [-0.25, -0.2) is 0 Å². The SMILES string of the molecule is O=[N+]([O-])c1ccccc1N1CCN(CCCCCn2nnc(-c3ccccc3)n2)CC1. The Bertz CT molecular complexity index is 984. The van der Waals surface area contributed by atoms with Crippen molar-refractivity contribution in [3.05, 3.63) is 64.7 Å². The van der Waals surface area contributed by atoms with E-state index in [0.29, 0.717) is 5.82 Å². The first-order valence-electron chi connectivity index (χ1n) is 10.7. The van der Waals surface area contributed by atoms with Crippen LogP contribution in [-0.2, 0) is 6.54 Å². The predicted octanol–water partition coefficient (Wildman–Crippen LogP) is 3.24. The van der Waals surface area contributed by atoms with E-state index in [0.717, 1.165) is 69.8 Å². The minimum Gasteiger partial charge on any atom is -0.363 e. The monoisotopic (exact) mass is 421 g/mol. The van der Waals surface area contributed by atoms with Gasteiger partial charge in [0.05, 0.1) is 11.5 Å². The fraction of sp³-hybridized carbons (Fsp3) is 0.409. The highest BCUT2D eigenvalue weighted by atomic mass is 16.6. The Morgan fingerprint density at radius 3 is 2.35 bits per heavy atom. The van der Waals surface area contributed by atoms with Crippen molar-refractivity contribution < 1.29 is 4.92 Å². The molecular weight excluding hydrogens is 394 g/mol. The largest absolute Gasteiger partial charge is 0.363 e. The summed E-state index contributed by atoms with van der Waals surface area (Å²) in [6.07, 6.45) is 3.24. The molecule has 4 rings (SSSR count). The van der Waals surface area contributed by atoms with Crippen molar-refractivity contribution in [1.29, 1.82) is 0 Å². The zero-order valence-corrected chi connectivity index (χ0v) is 17.5. The smallest absolute Gasteiger partial charge is 0.292 e. The van der Waals surface area contributed by atoms with Crippen molar-refractivity contribution in [3.63, 3.8) is 0 Å². The van der Waals surface area contributed by atoms with E-state index >= 15 is 0 Å².